The third kappa shape index (κ3) is 5.64. The van der Waals surface area contributed by atoms with Gasteiger partial charge in [-0.2, -0.15) is 0 Å². The fraction of sp³-hybridized carbons (Fsp3) is 0.781. The van der Waals surface area contributed by atoms with Crippen molar-refractivity contribution >= 4 is 5.97 Å². The van der Waals surface area contributed by atoms with Gasteiger partial charge >= 0.3 is 5.97 Å². The number of rotatable bonds is 8. The van der Waals surface area contributed by atoms with Gasteiger partial charge in [0.25, 0.3) is 0 Å². The Bertz CT molecular complexity index is 906. The van der Waals surface area contributed by atoms with E-state index in [0.29, 0.717) is 11.9 Å². The molecule has 4 nitrogen and oxygen atoms in total. The van der Waals surface area contributed by atoms with Crippen LogP contribution in [0.2, 0.25) is 0 Å². The van der Waals surface area contributed by atoms with Crippen LogP contribution in [-0.2, 0) is 9.53 Å². The van der Waals surface area contributed by atoms with Crippen molar-refractivity contribution < 1.29 is 19.0 Å². The molecule has 4 heteroatoms. The minimum Gasteiger partial charge on any atom is -0.465 e. The van der Waals surface area contributed by atoms with Crippen LogP contribution < -0.4 is 9.47 Å². The first-order chi connectivity index (χ1) is 16.7. The van der Waals surface area contributed by atoms with E-state index in [4.69, 9.17) is 14.2 Å². The molecule has 3 aliphatic carbocycles. The van der Waals surface area contributed by atoms with Gasteiger partial charge in [-0.05, 0) is 97.8 Å². The predicted molar refractivity (Wildman–Crippen MR) is 145 cm³/mol. The van der Waals surface area contributed by atoms with Crippen LogP contribution in [0, 0.1) is 45.8 Å². The predicted octanol–water partition coefficient (Wildman–Crippen LogP) is 8.28. The lowest BCUT2D eigenvalue weighted by molar-refractivity contribution is -0.162. The quantitative estimate of drug-likeness (QED) is 0.205. The number of carbonyl (C=O) groups is 1. The fourth-order valence-electron chi connectivity index (χ4n) is 7.30. The van der Waals surface area contributed by atoms with Crippen LogP contribution in [0.1, 0.15) is 101 Å². The van der Waals surface area contributed by atoms with Crippen molar-refractivity contribution in [3.63, 3.8) is 0 Å². The Labute approximate surface area is 219 Å². The lowest BCUT2D eigenvalue weighted by Gasteiger charge is -2.43. The van der Waals surface area contributed by atoms with E-state index in [1.165, 1.54) is 32.1 Å². The molecule has 1 aromatic rings. The molecule has 0 aromatic heterocycles. The second kappa shape index (κ2) is 9.97. The lowest BCUT2D eigenvalue weighted by atomic mass is 9.61. The Morgan fingerprint density at radius 1 is 0.889 bits per heavy atom. The summed E-state index contributed by atoms with van der Waals surface area (Å²) >= 11 is 0. The Balaban J connectivity index is 1.38. The van der Waals surface area contributed by atoms with E-state index in [2.05, 4.69) is 55.4 Å². The van der Waals surface area contributed by atoms with Gasteiger partial charge < -0.3 is 14.2 Å². The SMILES string of the molecule is CC(C)C(Oc1ccc(OC(=O)C(C)(CC(C)(C)C)C(C)(C)C)cc1)OC1CC2CC1C1CCCC21. The first-order valence-corrected chi connectivity index (χ1v) is 14.3. The second-order valence-corrected chi connectivity index (χ2v) is 14.7. The number of hydrogen-bond acceptors (Lipinski definition) is 4. The molecule has 1 aromatic carbocycles. The summed E-state index contributed by atoms with van der Waals surface area (Å²) in [4.78, 5) is 13.4. The summed E-state index contributed by atoms with van der Waals surface area (Å²) in [7, 11) is 0. The number of fused-ring (bicyclic) bond motifs is 5. The first kappa shape index (κ1) is 27.5. The van der Waals surface area contributed by atoms with E-state index >= 15 is 0 Å². The molecular weight excluding hydrogens is 448 g/mol. The highest BCUT2D eigenvalue weighted by molar-refractivity contribution is 5.79. The van der Waals surface area contributed by atoms with Crippen LogP contribution in [0.25, 0.3) is 0 Å². The van der Waals surface area contributed by atoms with Crippen LogP contribution in [0.4, 0.5) is 0 Å². The molecule has 0 radical (unpaired) electrons. The van der Waals surface area contributed by atoms with Crippen molar-refractivity contribution in [2.75, 3.05) is 0 Å². The fourth-order valence-corrected chi connectivity index (χ4v) is 7.30. The minimum absolute atomic E-state index is 0.0160. The van der Waals surface area contributed by atoms with Gasteiger partial charge in [0.1, 0.15) is 11.5 Å². The summed E-state index contributed by atoms with van der Waals surface area (Å²) in [6.07, 6.45) is 7.61. The summed E-state index contributed by atoms with van der Waals surface area (Å²) in [6.45, 7) is 19.2. The molecule has 3 aliphatic rings. The molecule has 0 spiro atoms. The van der Waals surface area contributed by atoms with Crippen molar-refractivity contribution in [2.24, 2.45) is 45.8 Å². The molecule has 0 heterocycles. The van der Waals surface area contributed by atoms with Crippen LogP contribution >= 0.6 is 0 Å². The van der Waals surface area contributed by atoms with Gasteiger partial charge in [-0.3, -0.25) is 4.79 Å². The monoisotopic (exact) mass is 498 g/mol. The summed E-state index contributed by atoms with van der Waals surface area (Å²) in [5.41, 5.74) is -0.807. The highest BCUT2D eigenvalue weighted by Gasteiger charge is 2.55. The van der Waals surface area contributed by atoms with Crippen molar-refractivity contribution in [3.05, 3.63) is 24.3 Å². The van der Waals surface area contributed by atoms with E-state index in [-0.39, 0.29) is 29.0 Å². The molecule has 3 saturated carbocycles. The normalized spacial score (nSPS) is 30.2. The maximum absolute atomic E-state index is 13.4. The van der Waals surface area contributed by atoms with Crippen molar-refractivity contribution in [1.29, 1.82) is 0 Å². The van der Waals surface area contributed by atoms with Gasteiger partial charge in [-0.15, -0.1) is 0 Å². The van der Waals surface area contributed by atoms with E-state index < -0.39 is 5.41 Å². The average molecular weight is 499 g/mol. The number of hydrogen-bond donors (Lipinski definition) is 0. The minimum atomic E-state index is -0.601. The maximum Gasteiger partial charge on any atom is 0.317 e. The maximum atomic E-state index is 13.4. The molecular formula is C32H50O4. The zero-order valence-electron chi connectivity index (χ0n) is 24.2. The summed E-state index contributed by atoms with van der Waals surface area (Å²) in [6, 6.07) is 7.47. The number of ether oxygens (including phenoxy) is 3. The highest BCUT2D eigenvalue weighted by atomic mass is 16.7. The van der Waals surface area contributed by atoms with E-state index in [1.807, 2.05) is 31.2 Å². The molecule has 202 valence electrons. The summed E-state index contributed by atoms with van der Waals surface area (Å²) in [5.74, 6) is 4.82. The topological polar surface area (TPSA) is 44.8 Å². The van der Waals surface area contributed by atoms with Crippen LogP contribution in [-0.4, -0.2) is 18.4 Å². The first-order valence-electron chi connectivity index (χ1n) is 14.3. The van der Waals surface area contributed by atoms with Crippen molar-refractivity contribution in [1.82, 2.24) is 0 Å². The molecule has 7 atom stereocenters. The van der Waals surface area contributed by atoms with E-state index in [1.54, 1.807) is 0 Å². The lowest BCUT2D eigenvalue weighted by Crippen LogP contribution is -2.45. The van der Waals surface area contributed by atoms with E-state index in [9.17, 15) is 4.79 Å². The standard InChI is InChI=1S/C32H50O4/c1-20(2)28(36-27-18-21-17-26(27)25-12-10-11-24(21)25)34-22-13-15-23(16-14-22)35-29(33)32(9,31(6,7)8)19-30(3,4)5/h13-16,20-21,24-28H,10-12,17-19H2,1-9H3. The van der Waals surface area contributed by atoms with Crippen LogP contribution in [0.5, 0.6) is 11.5 Å². The average Bonchev–Trinajstić information content (AvgIpc) is 3.46. The third-order valence-corrected chi connectivity index (χ3v) is 9.50. The molecule has 2 bridgehead atoms. The van der Waals surface area contributed by atoms with E-state index in [0.717, 1.165) is 35.8 Å². The number of carbonyl (C=O) groups excluding carboxylic acids is 1. The molecule has 0 N–H and O–H groups in total. The summed E-state index contributed by atoms with van der Waals surface area (Å²) in [5, 5.41) is 0. The summed E-state index contributed by atoms with van der Waals surface area (Å²) < 4.78 is 18.9. The molecule has 0 aliphatic heterocycles. The highest BCUT2D eigenvalue weighted by Crippen LogP contribution is 2.59. The molecule has 0 amide bonds. The largest absolute Gasteiger partial charge is 0.465 e. The Hall–Kier alpha value is -1.55. The van der Waals surface area contributed by atoms with Crippen LogP contribution in [0.3, 0.4) is 0 Å². The second-order valence-electron chi connectivity index (χ2n) is 14.7. The molecule has 3 fully saturated rings. The van der Waals surface area contributed by atoms with Crippen molar-refractivity contribution in [3.8, 4) is 11.5 Å². The van der Waals surface area contributed by atoms with Gasteiger partial charge in [0, 0.05) is 5.92 Å². The Morgan fingerprint density at radius 2 is 1.50 bits per heavy atom. The van der Waals surface area contributed by atoms with Gasteiger partial charge in [-0.1, -0.05) is 61.8 Å². The van der Waals surface area contributed by atoms with Gasteiger partial charge in [-0.25, -0.2) is 0 Å². The third-order valence-electron chi connectivity index (χ3n) is 9.50. The Morgan fingerprint density at radius 3 is 2.08 bits per heavy atom. The molecule has 0 saturated heterocycles. The Kier molecular flexibility index (Phi) is 7.61. The number of esters is 1. The van der Waals surface area contributed by atoms with Gasteiger partial charge in [0.2, 0.25) is 6.29 Å². The van der Waals surface area contributed by atoms with Gasteiger partial charge in [0.15, 0.2) is 0 Å². The molecule has 36 heavy (non-hydrogen) atoms. The van der Waals surface area contributed by atoms with Crippen molar-refractivity contribution in [2.45, 2.75) is 113 Å². The zero-order chi connectivity index (χ0) is 26.5. The van der Waals surface area contributed by atoms with Gasteiger partial charge in [0.05, 0.1) is 11.5 Å². The van der Waals surface area contributed by atoms with Crippen LogP contribution in [0.15, 0.2) is 24.3 Å². The molecule has 7 unspecified atom stereocenters. The number of benzene rings is 1. The zero-order valence-corrected chi connectivity index (χ0v) is 24.2. The molecule has 4 rings (SSSR count). The smallest absolute Gasteiger partial charge is 0.317 e.